The first-order valence-electron chi connectivity index (χ1n) is 6.76. The van der Waals surface area contributed by atoms with Crippen molar-refractivity contribution < 1.29 is 21.6 Å². The molecule has 0 atom stereocenters. The van der Waals surface area contributed by atoms with E-state index in [1.807, 2.05) is 0 Å². The van der Waals surface area contributed by atoms with Gasteiger partial charge in [0, 0.05) is 6.07 Å². The molecule has 0 aliphatic carbocycles. The fourth-order valence-electron chi connectivity index (χ4n) is 2.13. The zero-order valence-corrected chi connectivity index (χ0v) is 14.1. The zero-order valence-electron chi connectivity index (χ0n) is 12.5. The van der Waals surface area contributed by atoms with Gasteiger partial charge in [-0.3, -0.25) is 4.72 Å². The summed E-state index contributed by atoms with van der Waals surface area (Å²) < 4.78 is 67.1. The Bertz CT molecular complexity index is 1150. The Morgan fingerprint density at radius 3 is 2.65 bits per heavy atom. The van der Waals surface area contributed by atoms with Gasteiger partial charge in [0.1, 0.15) is 11.6 Å². The Morgan fingerprint density at radius 2 is 2.00 bits per heavy atom. The van der Waals surface area contributed by atoms with E-state index in [2.05, 4.69) is 14.8 Å². The summed E-state index contributed by atoms with van der Waals surface area (Å²) in [6.45, 7) is 0. The number of nitriles is 1. The lowest BCUT2D eigenvalue weighted by atomic mass is 10.2. The van der Waals surface area contributed by atoms with Gasteiger partial charge in [0.25, 0.3) is 10.0 Å². The largest absolute Gasteiger partial charge is 0.417 e. The van der Waals surface area contributed by atoms with Gasteiger partial charge in [-0.05, 0) is 18.2 Å². The summed E-state index contributed by atoms with van der Waals surface area (Å²) >= 11 is 5.50. The zero-order chi connectivity index (χ0) is 19.1. The van der Waals surface area contributed by atoms with Crippen LogP contribution in [0.25, 0.3) is 5.65 Å². The van der Waals surface area contributed by atoms with Crippen molar-refractivity contribution in [3.8, 4) is 6.07 Å². The number of hydrogen-bond acceptors (Lipinski definition) is 5. The smallest absolute Gasteiger partial charge is 0.262 e. The van der Waals surface area contributed by atoms with E-state index in [9.17, 15) is 21.6 Å². The van der Waals surface area contributed by atoms with Crippen molar-refractivity contribution in [2.45, 2.75) is 11.1 Å². The lowest BCUT2D eigenvalue weighted by Crippen LogP contribution is -2.18. The van der Waals surface area contributed by atoms with Crippen LogP contribution in [0.15, 0.2) is 41.6 Å². The van der Waals surface area contributed by atoms with Crippen LogP contribution in [-0.4, -0.2) is 23.0 Å². The number of nitrogens with zero attached hydrogens (tertiary/aromatic N) is 4. The molecule has 0 saturated carbocycles. The molecule has 0 unspecified atom stereocenters. The second kappa shape index (κ2) is 6.15. The molecule has 12 heteroatoms. The molecule has 0 saturated heterocycles. The van der Waals surface area contributed by atoms with Crippen LogP contribution in [0.1, 0.15) is 11.1 Å². The first-order chi connectivity index (χ1) is 12.1. The number of hydrogen-bond donors (Lipinski definition) is 1. The van der Waals surface area contributed by atoms with Gasteiger partial charge in [-0.25, -0.2) is 13.4 Å². The minimum atomic E-state index is -4.83. The van der Waals surface area contributed by atoms with Crippen LogP contribution < -0.4 is 4.72 Å². The average Bonchev–Trinajstić information content (AvgIpc) is 3.03. The highest BCUT2D eigenvalue weighted by Crippen LogP contribution is 2.36. The third-order valence-electron chi connectivity index (χ3n) is 3.32. The Kier molecular flexibility index (Phi) is 4.25. The number of benzene rings is 1. The van der Waals surface area contributed by atoms with E-state index in [0.717, 1.165) is 22.8 Å². The van der Waals surface area contributed by atoms with Crippen LogP contribution in [0.3, 0.4) is 0 Å². The molecule has 26 heavy (non-hydrogen) atoms. The maximum absolute atomic E-state index is 13.0. The molecule has 1 aromatic carbocycles. The summed E-state index contributed by atoms with van der Waals surface area (Å²) in [5, 5.41) is 12.4. The molecule has 0 fully saturated rings. The second-order valence-electron chi connectivity index (χ2n) is 4.98. The molecular formula is C14H7ClF3N5O2S. The number of anilines is 1. The van der Waals surface area contributed by atoms with E-state index in [4.69, 9.17) is 16.9 Å². The van der Waals surface area contributed by atoms with Gasteiger partial charge in [-0.1, -0.05) is 11.6 Å². The number of aromatic nitrogens is 3. The fourth-order valence-corrected chi connectivity index (χ4v) is 3.44. The molecular weight excluding hydrogens is 395 g/mol. The minimum Gasteiger partial charge on any atom is -0.262 e. The van der Waals surface area contributed by atoms with Crippen molar-refractivity contribution in [1.29, 1.82) is 5.26 Å². The number of alkyl halides is 3. The molecule has 0 radical (unpaired) electrons. The van der Waals surface area contributed by atoms with Gasteiger partial charge in [0.2, 0.25) is 0 Å². The summed E-state index contributed by atoms with van der Waals surface area (Å²) in [6, 6.07) is 5.38. The number of sulfonamides is 1. The number of rotatable bonds is 3. The molecule has 0 amide bonds. The molecule has 1 N–H and O–H groups in total. The summed E-state index contributed by atoms with van der Waals surface area (Å²) in [4.78, 5) is 3.24. The van der Waals surface area contributed by atoms with Gasteiger partial charge >= 0.3 is 6.18 Å². The summed E-state index contributed by atoms with van der Waals surface area (Å²) in [7, 11) is -4.46. The highest BCUT2D eigenvalue weighted by molar-refractivity contribution is 7.92. The quantitative estimate of drug-likeness (QED) is 0.727. The minimum absolute atomic E-state index is 0.158. The highest BCUT2D eigenvalue weighted by atomic mass is 35.5. The third kappa shape index (κ3) is 3.16. The number of nitrogens with one attached hydrogen (secondary N) is 1. The third-order valence-corrected chi connectivity index (χ3v) is 4.99. The molecule has 0 bridgehead atoms. The first-order valence-corrected chi connectivity index (χ1v) is 8.62. The van der Waals surface area contributed by atoms with E-state index in [1.165, 1.54) is 12.3 Å². The van der Waals surface area contributed by atoms with Crippen molar-refractivity contribution >= 4 is 33.1 Å². The van der Waals surface area contributed by atoms with Crippen LogP contribution in [-0.2, 0) is 16.2 Å². The summed E-state index contributed by atoms with van der Waals surface area (Å²) in [5.74, 6) is -0.244. The van der Waals surface area contributed by atoms with E-state index >= 15 is 0 Å². The van der Waals surface area contributed by atoms with Gasteiger partial charge in [-0.15, -0.1) is 0 Å². The number of fused-ring (bicyclic) bond motifs is 1. The molecule has 0 aliphatic rings. The molecule has 7 nitrogen and oxygen atoms in total. The van der Waals surface area contributed by atoms with Gasteiger partial charge in [0.05, 0.1) is 27.9 Å². The van der Waals surface area contributed by atoms with E-state index < -0.39 is 31.7 Å². The SMILES string of the molecule is N#Cc1cnc2ccnn2c1NS(=O)(=O)c1ccc(Cl)c(C(F)(F)F)c1. The van der Waals surface area contributed by atoms with E-state index in [-0.39, 0.29) is 17.0 Å². The van der Waals surface area contributed by atoms with Gasteiger partial charge in [-0.2, -0.15) is 28.0 Å². The van der Waals surface area contributed by atoms with Crippen molar-refractivity contribution in [1.82, 2.24) is 14.6 Å². The Labute approximate surface area is 149 Å². The standard InChI is InChI=1S/C14H7ClF3N5O2S/c15-11-2-1-9(5-10(11)14(16,17)18)26(24,25)22-13-8(6-19)7-20-12-3-4-21-23(12)13/h1-5,7,22H. The molecule has 3 aromatic rings. The first kappa shape index (κ1) is 18.0. The maximum atomic E-state index is 13.0. The Balaban J connectivity index is 2.12. The lowest BCUT2D eigenvalue weighted by Gasteiger charge is -2.13. The maximum Gasteiger partial charge on any atom is 0.417 e. The van der Waals surface area contributed by atoms with Crippen LogP contribution in [0.4, 0.5) is 19.0 Å². The predicted molar refractivity (Wildman–Crippen MR) is 85.0 cm³/mol. The second-order valence-corrected chi connectivity index (χ2v) is 7.07. The topological polar surface area (TPSA) is 100 Å². The molecule has 0 spiro atoms. The molecule has 0 aliphatic heterocycles. The highest BCUT2D eigenvalue weighted by Gasteiger charge is 2.34. The van der Waals surface area contributed by atoms with Crippen LogP contribution in [0.2, 0.25) is 5.02 Å². The molecule has 134 valence electrons. The van der Waals surface area contributed by atoms with Crippen molar-refractivity contribution in [2.24, 2.45) is 0 Å². The van der Waals surface area contributed by atoms with E-state index in [0.29, 0.717) is 6.07 Å². The number of halogens is 4. The lowest BCUT2D eigenvalue weighted by molar-refractivity contribution is -0.137. The predicted octanol–water partition coefficient (Wildman–Crippen LogP) is 3.07. The Morgan fingerprint density at radius 1 is 1.27 bits per heavy atom. The van der Waals surface area contributed by atoms with Crippen LogP contribution >= 0.6 is 11.6 Å². The molecule has 3 rings (SSSR count). The molecule has 2 heterocycles. The summed E-state index contributed by atoms with van der Waals surface area (Å²) in [6.07, 6.45) is -2.38. The van der Waals surface area contributed by atoms with E-state index in [1.54, 1.807) is 6.07 Å². The average molecular weight is 402 g/mol. The van der Waals surface area contributed by atoms with Gasteiger partial charge in [0.15, 0.2) is 11.5 Å². The fraction of sp³-hybridized carbons (Fsp3) is 0.0714. The van der Waals surface area contributed by atoms with Gasteiger partial charge < -0.3 is 0 Å². The van der Waals surface area contributed by atoms with Crippen LogP contribution in [0, 0.1) is 11.3 Å². The normalized spacial score (nSPS) is 12.1. The van der Waals surface area contributed by atoms with Crippen LogP contribution in [0.5, 0.6) is 0 Å². The molecule has 2 aromatic heterocycles. The van der Waals surface area contributed by atoms with Crippen molar-refractivity contribution in [3.05, 3.63) is 52.8 Å². The van der Waals surface area contributed by atoms with Crippen molar-refractivity contribution in [2.75, 3.05) is 4.72 Å². The monoisotopic (exact) mass is 401 g/mol. The van der Waals surface area contributed by atoms with Crippen molar-refractivity contribution in [3.63, 3.8) is 0 Å². The summed E-state index contributed by atoms with van der Waals surface area (Å²) in [5.41, 5.74) is -1.20. The Hall–Kier alpha value is -2.84.